The first-order valence-electron chi connectivity index (χ1n) is 7.27. The van der Waals surface area contributed by atoms with Gasteiger partial charge >= 0.3 is 0 Å². The zero-order chi connectivity index (χ0) is 17.5. The molecule has 1 heterocycles. The maximum absolute atomic E-state index is 12.9. The summed E-state index contributed by atoms with van der Waals surface area (Å²) >= 11 is 6.89. The highest BCUT2D eigenvalue weighted by atomic mass is 35.5. The minimum atomic E-state index is -0.818. The van der Waals surface area contributed by atoms with Crippen LogP contribution >= 0.6 is 23.6 Å². The topological polar surface area (TPSA) is 61.6 Å². The Hall–Kier alpha value is -1.92. The van der Waals surface area contributed by atoms with E-state index >= 15 is 0 Å². The zero-order valence-corrected chi connectivity index (χ0v) is 14.6. The van der Waals surface area contributed by atoms with Crippen molar-refractivity contribution in [1.29, 1.82) is 0 Å². The molecule has 128 valence electrons. The quantitative estimate of drug-likeness (QED) is 0.432. The molecule has 0 aliphatic carbocycles. The summed E-state index contributed by atoms with van der Waals surface area (Å²) in [5.74, 6) is -0.120. The number of benzene rings is 1. The molecule has 2 rings (SSSR count). The number of carbonyl (C=O) groups is 1. The van der Waals surface area contributed by atoms with E-state index in [0.717, 1.165) is 12.0 Å². The number of hydrogen-bond donors (Lipinski definition) is 1. The molecule has 0 saturated carbocycles. The predicted octanol–water partition coefficient (Wildman–Crippen LogP) is 4.59. The fourth-order valence-corrected chi connectivity index (χ4v) is 2.65. The Morgan fingerprint density at radius 3 is 2.83 bits per heavy atom. The van der Waals surface area contributed by atoms with Gasteiger partial charge in [-0.3, -0.25) is 4.79 Å². The Bertz CT molecular complexity index is 686. The lowest BCUT2D eigenvalue weighted by molar-refractivity contribution is -0.122. The van der Waals surface area contributed by atoms with Gasteiger partial charge in [-0.25, -0.2) is 4.39 Å². The fourth-order valence-electron chi connectivity index (χ4n) is 1.92. The van der Waals surface area contributed by atoms with Crippen LogP contribution in [0.2, 0.25) is 5.02 Å². The summed E-state index contributed by atoms with van der Waals surface area (Å²) in [5, 5.41) is 0.569. The first-order valence-corrected chi connectivity index (χ1v) is 8.55. The third-order valence-electron chi connectivity index (χ3n) is 3.17. The second-order valence-electron chi connectivity index (χ2n) is 4.88. The van der Waals surface area contributed by atoms with Crippen LogP contribution in [0.4, 0.5) is 4.39 Å². The molecule has 0 spiro atoms. The van der Waals surface area contributed by atoms with Gasteiger partial charge in [0.05, 0.1) is 12.0 Å². The Labute approximate surface area is 149 Å². The first kappa shape index (κ1) is 18.4. The average Bonchev–Trinajstić information content (AvgIpc) is 2.86. The van der Waals surface area contributed by atoms with E-state index in [1.54, 1.807) is 37.3 Å². The zero-order valence-electron chi connectivity index (χ0n) is 13.0. The highest BCUT2D eigenvalue weighted by Gasteiger charge is 2.37. The number of nitrogens with two attached hydrogens (primary N) is 1. The summed E-state index contributed by atoms with van der Waals surface area (Å²) in [5.41, 5.74) is 6.38. The third kappa shape index (κ3) is 4.79. The van der Waals surface area contributed by atoms with Crippen molar-refractivity contribution in [1.82, 2.24) is 0 Å². The molecule has 0 amide bonds. The lowest BCUT2D eigenvalue weighted by Gasteiger charge is -2.09. The van der Waals surface area contributed by atoms with Crippen LogP contribution in [0.1, 0.15) is 25.0 Å². The Kier molecular flexibility index (Phi) is 6.75. The van der Waals surface area contributed by atoms with E-state index in [-0.39, 0.29) is 23.3 Å². The number of ether oxygens (including phenoxy) is 1. The summed E-state index contributed by atoms with van der Waals surface area (Å²) in [6, 6.07) is 6.75. The molecular weight excluding hydrogens is 353 g/mol. The average molecular weight is 370 g/mol. The van der Waals surface area contributed by atoms with Crippen molar-refractivity contribution in [2.45, 2.75) is 19.4 Å². The molecule has 0 fully saturated rings. The predicted molar refractivity (Wildman–Crippen MR) is 93.7 cm³/mol. The summed E-state index contributed by atoms with van der Waals surface area (Å²) in [4.78, 5) is 12.3. The lowest BCUT2D eigenvalue weighted by atomic mass is 10.1. The van der Waals surface area contributed by atoms with E-state index in [0.29, 0.717) is 22.8 Å². The number of allylic oxidation sites excluding steroid dienone is 4. The minimum absolute atomic E-state index is 0.00330. The number of halogens is 2. The number of carbonyl (C=O) groups excluding carboxylic acids is 1. The fraction of sp³-hybridized carbons (Fsp3) is 0.235. The minimum Gasteiger partial charge on any atom is -0.460 e. The molecule has 4 nitrogen and oxygen atoms in total. The highest BCUT2D eigenvalue weighted by Crippen LogP contribution is 2.33. The molecule has 1 aromatic rings. The molecular formula is C17H17ClFNO3S. The van der Waals surface area contributed by atoms with Gasteiger partial charge in [-0.2, -0.15) is 0 Å². The van der Waals surface area contributed by atoms with Gasteiger partial charge in [0.2, 0.25) is 17.4 Å². The van der Waals surface area contributed by atoms with Crippen LogP contribution in [0, 0.1) is 0 Å². The summed E-state index contributed by atoms with van der Waals surface area (Å²) < 4.78 is 23.6. The number of hydrogen-bond acceptors (Lipinski definition) is 5. The Morgan fingerprint density at radius 2 is 2.17 bits per heavy atom. The van der Waals surface area contributed by atoms with E-state index in [1.807, 2.05) is 0 Å². The van der Waals surface area contributed by atoms with E-state index in [4.69, 9.17) is 26.3 Å². The molecule has 1 aromatic carbocycles. The molecule has 1 unspecified atom stereocenters. The van der Waals surface area contributed by atoms with E-state index in [9.17, 15) is 9.18 Å². The number of Topliss-reactive ketones (excluding diaryl/α,β-unsaturated/α-hetero) is 1. The maximum atomic E-state index is 12.9. The van der Waals surface area contributed by atoms with E-state index < -0.39 is 6.10 Å². The number of rotatable bonds is 7. The number of ketones is 1. The van der Waals surface area contributed by atoms with Crippen molar-refractivity contribution in [3.63, 3.8) is 0 Å². The summed E-state index contributed by atoms with van der Waals surface area (Å²) in [7, 11) is 0. The Morgan fingerprint density at radius 1 is 1.46 bits per heavy atom. The van der Waals surface area contributed by atoms with Crippen LogP contribution < -0.4 is 5.73 Å². The molecule has 24 heavy (non-hydrogen) atoms. The lowest BCUT2D eigenvalue weighted by Crippen LogP contribution is -2.10. The van der Waals surface area contributed by atoms with Gasteiger partial charge in [-0.1, -0.05) is 35.9 Å². The highest BCUT2D eigenvalue weighted by molar-refractivity contribution is 7.94. The third-order valence-corrected chi connectivity index (χ3v) is 4.11. The van der Waals surface area contributed by atoms with Gasteiger partial charge in [-0.05, 0) is 31.6 Å². The van der Waals surface area contributed by atoms with Crippen LogP contribution in [0.15, 0.2) is 60.0 Å². The molecule has 1 aliphatic rings. The van der Waals surface area contributed by atoms with Gasteiger partial charge in [-0.15, -0.1) is 0 Å². The van der Waals surface area contributed by atoms with Crippen LogP contribution in [0.5, 0.6) is 0 Å². The van der Waals surface area contributed by atoms with E-state index in [1.165, 1.54) is 12.2 Å². The Balaban J connectivity index is 1.85. The second kappa shape index (κ2) is 8.80. The van der Waals surface area contributed by atoms with Crippen molar-refractivity contribution in [3.8, 4) is 0 Å². The van der Waals surface area contributed by atoms with Crippen LogP contribution in [0.3, 0.4) is 0 Å². The largest absolute Gasteiger partial charge is 0.460 e. The molecule has 1 atom stereocenters. The molecule has 0 radical (unpaired) electrons. The van der Waals surface area contributed by atoms with Crippen molar-refractivity contribution in [2.75, 3.05) is 5.75 Å². The summed E-state index contributed by atoms with van der Waals surface area (Å²) in [6.45, 7) is 1.62. The molecule has 0 aromatic heterocycles. The van der Waals surface area contributed by atoms with Gasteiger partial charge in [0.15, 0.2) is 6.10 Å². The second-order valence-corrected chi connectivity index (χ2v) is 6.12. The molecule has 0 saturated heterocycles. The normalized spacial score (nSPS) is 18.4. The van der Waals surface area contributed by atoms with Crippen LogP contribution in [-0.2, 0) is 13.7 Å². The van der Waals surface area contributed by atoms with Gasteiger partial charge in [0.1, 0.15) is 5.83 Å². The SMILES string of the molecule is C/C=C(F)\C=C/CCSOC1=C(N)OC(c2ccc(Cl)cc2)C1=O. The molecule has 0 bridgehead atoms. The summed E-state index contributed by atoms with van der Waals surface area (Å²) in [6.07, 6.45) is 4.22. The van der Waals surface area contributed by atoms with E-state index in [2.05, 4.69) is 0 Å². The molecule has 7 heteroatoms. The van der Waals surface area contributed by atoms with Gasteiger partial charge in [0.25, 0.3) is 0 Å². The monoisotopic (exact) mass is 369 g/mol. The first-order chi connectivity index (χ1) is 11.5. The van der Waals surface area contributed by atoms with Crippen molar-refractivity contribution < 1.29 is 18.1 Å². The van der Waals surface area contributed by atoms with Gasteiger partial charge < -0.3 is 14.7 Å². The van der Waals surface area contributed by atoms with Gasteiger partial charge in [0, 0.05) is 16.3 Å². The van der Waals surface area contributed by atoms with Crippen molar-refractivity contribution in [3.05, 3.63) is 70.5 Å². The smallest absolute Gasteiger partial charge is 0.249 e. The maximum Gasteiger partial charge on any atom is 0.249 e. The standard InChI is InChI=1S/C17H17ClFNO3S/c1-2-13(19)5-3-4-10-24-23-16-14(21)15(22-17(16)20)11-6-8-12(18)9-7-11/h2-3,5-9,15H,4,10,20H2,1H3/b5-3-,13-2+. The van der Waals surface area contributed by atoms with Crippen LogP contribution in [-0.4, -0.2) is 11.5 Å². The molecule has 1 aliphatic heterocycles. The van der Waals surface area contributed by atoms with Crippen molar-refractivity contribution in [2.24, 2.45) is 5.73 Å². The van der Waals surface area contributed by atoms with Crippen molar-refractivity contribution >= 4 is 29.4 Å². The molecule has 2 N–H and O–H groups in total. The van der Waals surface area contributed by atoms with Crippen LogP contribution in [0.25, 0.3) is 0 Å².